The maximum absolute atomic E-state index is 12.6. The highest BCUT2D eigenvalue weighted by atomic mass is 16.4. The molecule has 138 valence electrons. The van der Waals surface area contributed by atoms with Gasteiger partial charge >= 0.3 is 6.09 Å². The average molecular weight is 355 g/mol. The van der Waals surface area contributed by atoms with Gasteiger partial charge in [0.25, 0.3) is 0 Å². The van der Waals surface area contributed by atoms with Crippen molar-refractivity contribution in [3.05, 3.63) is 59.7 Å². The molecule has 0 heterocycles. The molecule has 6 nitrogen and oxygen atoms in total. The number of carbonyl (C=O) groups excluding carboxylic acids is 1. The zero-order valence-electron chi connectivity index (χ0n) is 15.2. The highest BCUT2D eigenvalue weighted by Crippen LogP contribution is 2.24. The third kappa shape index (κ3) is 5.51. The summed E-state index contributed by atoms with van der Waals surface area (Å²) in [5.74, 6) is -0.549. The number of hydrogen-bond acceptors (Lipinski definition) is 3. The van der Waals surface area contributed by atoms with Crippen molar-refractivity contribution in [3.8, 4) is 0 Å². The molecule has 0 saturated heterocycles. The fraction of sp³-hybridized carbons (Fsp3) is 0.300. The maximum atomic E-state index is 12.6. The summed E-state index contributed by atoms with van der Waals surface area (Å²) in [4.78, 5) is 23.5. The Labute approximate surface area is 153 Å². The number of carbonyl (C=O) groups is 2. The number of anilines is 2. The molecule has 2 rings (SSSR count). The Bertz CT molecular complexity index is 760. The third-order valence-corrected chi connectivity index (χ3v) is 3.99. The van der Waals surface area contributed by atoms with E-state index in [4.69, 9.17) is 5.11 Å². The van der Waals surface area contributed by atoms with Gasteiger partial charge in [0.2, 0.25) is 5.91 Å². The van der Waals surface area contributed by atoms with Gasteiger partial charge in [-0.25, -0.2) is 4.79 Å². The lowest BCUT2D eigenvalue weighted by Crippen LogP contribution is -2.46. The summed E-state index contributed by atoms with van der Waals surface area (Å²) in [5.41, 5.74) is 3.53. The molecular formula is C20H25N3O3. The summed E-state index contributed by atoms with van der Waals surface area (Å²) in [5, 5.41) is 17.4. The SMILES string of the molecule is Cc1ccc(NCc2ccccc2)c(NC(=O)C(NC(=O)O)C(C)C)c1. The van der Waals surface area contributed by atoms with Gasteiger partial charge in [-0.15, -0.1) is 0 Å². The third-order valence-electron chi connectivity index (χ3n) is 3.99. The van der Waals surface area contributed by atoms with Crippen LogP contribution in [0.2, 0.25) is 0 Å². The van der Waals surface area contributed by atoms with Gasteiger partial charge in [-0.2, -0.15) is 0 Å². The molecule has 2 aromatic carbocycles. The summed E-state index contributed by atoms with van der Waals surface area (Å²) in [6.45, 7) is 6.15. The number of carboxylic acid groups (broad SMARTS) is 1. The fourth-order valence-electron chi connectivity index (χ4n) is 2.59. The summed E-state index contributed by atoms with van der Waals surface area (Å²) >= 11 is 0. The standard InChI is InChI=1S/C20H25N3O3/c1-13(2)18(23-20(25)26)19(24)22-17-11-14(3)9-10-16(17)21-12-15-7-5-4-6-8-15/h4-11,13,18,21,23H,12H2,1-3H3,(H,22,24)(H,25,26). The van der Waals surface area contributed by atoms with Gasteiger partial charge in [-0.3, -0.25) is 4.79 Å². The van der Waals surface area contributed by atoms with E-state index in [1.165, 1.54) is 0 Å². The smallest absolute Gasteiger partial charge is 0.405 e. The highest BCUT2D eigenvalue weighted by Gasteiger charge is 2.24. The van der Waals surface area contributed by atoms with Gasteiger partial charge in [-0.05, 0) is 36.1 Å². The van der Waals surface area contributed by atoms with E-state index in [0.29, 0.717) is 12.2 Å². The molecule has 0 bridgehead atoms. The number of nitrogens with one attached hydrogen (secondary N) is 3. The van der Waals surface area contributed by atoms with E-state index in [-0.39, 0.29) is 11.8 Å². The quantitative estimate of drug-likeness (QED) is 0.607. The largest absolute Gasteiger partial charge is 0.465 e. The van der Waals surface area contributed by atoms with Gasteiger partial charge in [-0.1, -0.05) is 50.2 Å². The first kappa shape index (κ1) is 19.3. The lowest BCUT2D eigenvalue weighted by atomic mass is 10.0. The summed E-state index contributed by atoms with van der Waals surface area (Å²) < 4.78 is 0. The Balaban J connectivity index is 2.15. The monoisotopic (exact) mass is 355 g/mol. The van der Waals surface area contributed by atoms with Crippen LogP contribution in [0.25, 0.3) is 0 Å². The van der Waals surface area contributed by atoms with E-state index in [0.717, 1.165) is 16.8 Å². The molecule has 2 aromatic rings. The number of benzene rings is 2. The molecule has 1 atom stereocenters. The molecule has 0 radical (unpaired) electrons. The van der Waals surface area contributed by atoms with Crippen molar-refractivity contribution in [1.82, 2.24) is 5.32 Å². The van der Waals surface area contributed by atoms with E-state index >= 15 is 0 Å². The van der Waals surface area contributed by atoms with E-state index in [9.17, 15) is 9.59 Å². The van der Waals surface area contributed by atoms with Crippen LogP contribution in [0, 0.1) is 12.8 Å². The zero-order chi connectivity index (χ0) is 19.1. The molecule has 0 aliphatic rings. The first-order valence-corrected chi connectivity index (χ1v) is 8.55. The Morgan fingerprint density at radius 2 is 1.73 bits per heavy atom. The van der Waals surface area contributed by atoms with Crippen LogP contribution in [-0.4, -0.2) is 23.1 Å². The Morgan fingerprint density at radius 1 is 1.04 bits per heavy atom. The maximum Gasteiger partial charge on any atom is 0.405 e. The van der Waals surface area contributed by atoms with Gasteiger partial charge in [0.15, 0.2) is 0 Å². The molecule has 1 unspecified atom stereocenters. The minimum Gasteiger partial charge on any atom is -0.465 e. The summed E-state index contributed by atoms with van der Waals surface area (Å²) in [6, 6.07) is 14.8. The van der Waals surface area contributed by atoms with E-state index in [1.807, 2.05) is 55.5 Å². The Hall–Kier alpha value is -3.02. The predicted molar refractivity (Wildman–Crippen MR) is 103 cm³/mol. The van der Waals surface area contributed by atoms with Crippen molar-refractivity contribution in [1.29, 1.82) is 0 Å². The molecule has 0 fully saturated rings. The zero-order valence-corrected chi connectivity index (χ0v) is 15.2. The normalized spacial score (nSPS) is 11.7. The highest BCUT2D eigenvalue weighted by molar-refractivity contribution is 5.99. The molecule has 26 heavy (non-hydrogen) atoms. The molecular weight excluding hydrogens is 330 g/mol. The van der Waals surface area contributed by atoms with E-state index in [1.54, 1.807) is 13.8 Å². The van der Waals surface area contributed by atoms with Crippen molar-refractivity contribution in [3.63, 3.8) is 0 Å². The predicted octanol–water partition coefficient (Wildman–Crippen LogP) is 3.84. The van der Waals surface area contributed by atoms with Crippen LogP contribution in [0.15, 0.2) is 48.5 Å². The van der Waals surface area contributed by atoms with Crippen LogP contribution in [0.5, 0.6) is 0 Å². The van der Waals surface area contributed by atoms with Crippen molar-refractivity contribution in [2.24, 2.45) is 5.92 Å². The Morgan fingerprint density at radius 3 is 2.35 bits per heavy atom. The number of amides is 2. The molecule has 4 N–H and O–H groups in total. The molecule has 0 aromatic heterocycles. The van der Waals surface area contributed by atoms with Crippen molar-refractivity contribution in [2.45, 2.75) is 33.4 Å². The summed E-state index contributed by atoms with van der Waals surface area (Å²) in [7, 11) is 0. The van der Waals surface area contributed by atoms with E-state index in [2.05, 4.69) is 16.0 Å². The van der Waals surface area contributed by atoms with Gasteiger partial charge in [0, 0.05) is 6.54 Å². The minimum absolute atomic E-state index is 0.170. The average Bonchev–Trinajstić information content (AvgIpc) is 2.59. The fourth-order valence-corrected chi connectivity index (χ4v) is 2.59. The first-order chi connectivity index (χ1) is 12.4. The number of aryl methyl sites for hydroxylation is 1. The van der Waals surface area contributed by atoms with Crippen LogP contribution >= 0.6 is 0 Å². The second-order valence-corrected chi connectivity index (χ2v) is 6.55. The van der Waals surface area contributed by atoms with Gasteiger partial charge in [0.05, 0.1) is 11.4 Å². The van der Waals surface area contributed by atoms with Gasteiger partial charge in [0.1, 0.15) is 6.04 Å². The van der Waals surface area contributed by atoms with Crippen LogP contribution < -0.4 is 16.0 Å². The van der Waals surface area contributed by atoms with E-state index < -0.39 is 12.1 Å². The van der Waals surface area contributed by atoms with Gasteiger partial charge < -0.3 is 21.1 Å². The molecule has 0 aliphatic heterocycles. The lowest BCUT2D eigenvalue weighted by molar-refractivity contribution is -0.118. The molecule has 2 amide bonds. The van der Waals surface area contributed by atoms with Crippen LogP contribution in [0.1, 0.15) is 25.0 Å². The second kappa shape index (κ2) is 8.89. The second-order valence-electron chi connectivity index (χ2n) is 6.55. The summed E-state index contributed by atoms with van der Waals surface area (Å²) in [6.07, 6.45) is -1.22. The van der Waals surface area contributed by atoms with Crippen LogP contribution in [0.3, 0.4) is 0 Å². The minimum atomic E-state index is -1.22. The molecule has 0 spiro atoms. The topological polar surface area (TPSA) is 90.5 Å². The van der Waals surface area contributed by atoms with Crippen molar-refractivity contribution >= 4 is 23.4 Å². The molecule has 0 aliphatic carbocycles. The van der Waals surface area contributed by atoms with Crippen molar-refractivity contribution < 1.29 is 14.7 Å². The van der Waals surface area contributed by atoms with Crippen LogP contribution in [-0.2, 0) is 11.3 Å². The first-order valence-electron chi connectivity index (χ1n) is 8.55. The van der Waals surface area contributed by atoms with Crippen molar-refractivity contribution in [2.75, 3.05) is 10.6 Å². The Kier molecular flexibility index (Phi) is 6.60. The molecule has 6 heteroatoms. The number of rotatable bonds is 7. The number of hydrogen-bond donors (Lipinski definition) is 4. The van der Waals surface area contributed by atoms with Crippen LogP contribution in [0.4, 0.5) is 16.2 Å². The molecule has 0 saturated carbocycles. The lowest BCUT2D eigenvalue weighted by Gasteiger charge is -2.21.